The van der Waals surface area contributed by atoms with Gasteiger partial charge in [0.05, 0.1) is 12.1 Å². The van der Waals surface area contributed by atoms with Crippen molar-refractivity contribution in [2.75, 3.05) is 12.4 Å². The number of urea groups is 1. The van der Waals surface area contributed by atoms with E-state index in [1.165, 1.54) is 18.6 Å². The Morgan fingerprint density at radius 2 is 1.69 bits per heavy atom. The Kier molecular flexibility index (Phi) is 7.56. The molecule has 0 radical (unpaired) electrons. The molecule has 0 spiro atoms. The van der Waals surface area contributed by atoms with Gasteiger partial charge in [0.25, 0.3) is 11.8 Å². The summed E-state index contributed by atoms with van der Waals surface area (Å²) in [5, 5.41) is 11.0. The molecule has 3 aromatic rings. The fourth-order valence-electron chi connectivity index (χ4n) is 3.15. The number of aryl methyl sites for hydroxylation is 1. The lowest BCUT2D eigenvalue weighted by molar-refractivity contribution is 0.0885. The van der Waals surface area contributed by atoms with E-state index in [1.54, 1.807) is 30.3 Å². The molecule has 0 fully saturated rings. The first-order chi connectivity index (χ1) is 15.4. The zero-order valence-corrected chi connectivity index (χ0v) is 18.8. The van der Waals surface area contributed by atoms with Crippen molar-refractivity contribution in [1.29, 1.82) is 0 Å². The summed E-state index contributed by atoms with van der Waals surface area (Å²) in [7, 11) is 1.51. The quantitative estimate of drug-likeness (QED) is 0.440. The number of benzene rings is 2. The van der Waals surface area contributed by atoms with Crippen molar-refractivity contribution in [3.05, 3.63) is 82.4 Å². The van der Waals surface area contributed by atoms with Gasteiger partial charge in [-0.3, -0.25) is 9.59 Å². The molecule has 8 nitrogen and oxygen atoms in total. The molecule has 2 unspecified atom stereocenters. The summed E-state index contributed by atoms with van der Waals surface area (Å²) in [6.45, 7) is 3.72. The SMILES string of the molecule is CNC(=O)Nc1cccc(C(=O)NC(C)C(NC(=O)c2cc(C)sn2)c2ccccc2)c1. The molecule has 3 rings (SSSR count). The lowest BCUT2D eigenvalue weighted by atomic mass is 9.99. The van der Waals surface area contributed by atoms with Crippen LogP contribution in [0.2, 0.25) is 0 Å². The fourth-order valence-corrected chi connectivity index (χ4v) is 3.69. The molecular formula is C23H25N5O3S. The van der Waals surface area contributed by atoms with Crippen LogP contribution < -0.4 is 21.3 Å². The summed E-state index contributed by atoms with van der Waals surface area (Å²) in [4.78, 5) is 38.1. The Bertz CT molecular complexity index is 1100. The summed E-state index contributed by atoms with van der Waals surface area (Å²) in [5.74, 6) is -0.626. The smallest absolute Gasteiger partial charge is 0.318 e. The number of hydrogen-bond donors (Lipinski definition) is 4. The molecule has 4 N–H and O–H groups in total. The van der Waals surface area contributed by atoms with Crippen molar-refractivity contribution >= 4 is 35.1 Å². The van der Waals surface area contributed by atoms with Crippen molar-refractivity contribution in [2.45, 2.75) is 25.9 Å². The van der Waals surface area contributed by atoms with Gasteiger partial charge in [-0.2, -0.15) is 4.37 Å². The van der Waals surface area contributed by atoms with Gasteiger partial charge >= 0.3 is 6.03 Å². The Balaban J connectivity index is 1.77. The molecule has 0 aliphatic carbocycles. The lowest BCUT2D eigenvalue weighted by Crippen LogP contribution is -2.44. The molecule has 2 aromatic carbocycles. The second-order valence-electron chi connectivity index (χ2n) is 7.23. The fraction of sp³-hybridized carbons (Fsp3) is 0.217. The van der Waals surface area contributed by atoms with E-state index < -0.39 is 12.1 Å². The number of hydrogen-bond acceptors (Lipinski definition) is 5. The van der Waals surface area contributed by atoms with Gasteiger partial charge in [-0.25, -0.2) is 4.79 Å². The van der Waals surface area contributed by atoms with Crippen molar-refractivity contribution in [3.8, 4) is 0 Å². The molecule has 0 aliphatic rings. The number of aromatic nitrogens is 1. The van der Waals surface area contributed by atoms with E-state index in [2.05, 4.69) is 25.6 Å². The third kappa shape index (κ3) is 5.92. The van der Waals surface area contributed by atoms with Crippen molar-refractivity contribution in [3.63, 3.8) is 0 Å². The molecule has 1 heterocycles. The predicted molar refractivity (Wildman–Crippen MR) is 125 cm³/mol. The van der Waals surface area contributed by atoms with Crippen LogP contribution in [0.4, 0.5) is 10.5 Å². The average molecular weight is 452 g/mol. The first-order valence-electron chi connectivity index (χ1n) is 10.1. The number of carbonyl (C=O) groups is 3. The van der Waals surface area contributed by atoms with Crippen LogP contribution in [0.25, 0.3) is 0 Å². The molecule has 9 heteroatoms. The predicted octanol–water partition coefficient (Wildman–Crippen LogP) is 3.49. The Labute approximate surface area is 190 Å². The maximum atomic E-state index is 12.9. The van der Waals surface area contributed by atoms with E-state index in [0.29, 0.717) is 16.9 Å². The van der Waals surface area contributed by atoms with E-state index in [0.717, 1.165) is 10.4 Å². The van der Waals surface area contributed by atoms with E-state index >= 15 is 0 Å². The van der Waals surface area contributed by atoms with Crippen LogP contribution in [0.3, 0.4) is 0 Å². The zero-order chi connectivity index (χ0) is 23.1. The average Bonchev–Trinajstić information content (AvgIpc) is 3.24. The molecule has 1 aromatic heterocycles. The van der Waals surface area contributed by atoms with Gasteiger partial charge in [-0.1, -0.05) is 36.4 Å². The van der Waals surface area contributed by atoms with Crippen molar-refractivity contribution < 1.29 is 14.4 Å². The van der Waals surface area contributed by atoms with Gasteiger partial charge in [0.1, 0.15) is 5.69 Å². The third-order valence-electron chi connectivity index (χ3n) is 4.77. The second kappa shape index (κ2) is 10.5. The highest BCUT2D eigenvalue weighted by atomic mass is 32.1. The number of carbonyl (C=O) groups excluding carboxylic acids is 3. The van der Waals surface area contributed by atoms with Gasteiger partial charge in [0, 0.05) is 23.2 Å². The van der Waals surface area contributed by atoms with Crippen LogP contribution in [0.15, 0.2) is 60.7 Å². The minimum absolute atomic E-state index is 0.305. The number of anilines is 1. The highest BCUT2D eigenvalue weighted by molar-refractivity contribution is 7.05. The van der Waals surface area contributed by atoms with E-state index in [1.807, 2.05) is 44.2 Å². The molecule has 166 valence electrons. The highest BCUT2D eigenvalue weighted by Crippen LogP contribution is 2.19. The first kappa shape index (κ1) is 23.0. The molecule has 4 amide bonds. The van der Waals surface area contributed by atoms with E-state index in [4.69, 9.17) is 0 Å². The van der Waals surface area contributed by atoms with Gasteiger partial charge < -0.3 is 21.3 Å². The molecule has 32 heavy (non-hydrogen) atoms. The molecule has 0 aliphatic heterocycles. The molecule has 0 saturated heterocycles. The summed E-state index contributed by atoms with van der Waals surface area (Å²) in [6, 6.07) is 16.5. The maximum Gasteiger partial charge on any atom is 0.318 e. The van der Waals surface area contributed by atoms with Crippen LogP contribution >= 0.6 is 11.5 Å². The van der Waals surface area contributed by atoms with Crippen molar-refractivity contribution in [2.24, 2.45) is 0 Å². The molecule has 0 saturated carbocycles. The maximum absolute atomic E-state index is 12.9. The van der Waals surface area contributed by atoms with Crippen LogP contribution in [-0.2, 0) is 0 Å². The third-order valence-corrected chi connectivity index (χ3v) is 5.47. The number of nitrogens with one attached hydrogen (secondary N) is 4. The van der Waals surface area contributed by atoms with Crippen LogP contribution in [-0.4, -0.2) is 35.3 Å². The number of nitrogens with zero attached hydrogens (tertiary/aromatic N) is 1. The largest absolute Gasteiger partial charge is 0.347 e. The zero-order valence-electron chi connectivity index (χ0n) is 18.0. The molecular weight excluding hydrogens is 426 g/mol. The van der Waals surface area contributed by atoms with Crippen LogP contribution in [0.5, 0.6) is 0 Å². The van der Waals surface area contributed by atoms with E-state index in [-0.39, 0.29) is 17.8 Å². The van der Waals surface area contributed by atoms with Crippen molar-refractivity contribution in [1.82, 2.24) is 20.3 Å². The Hall–Kier alpha value is -3.72. The summed E-state index contributed by atoms with van der Waals surface area (Å²) < 4.78 is 4.17. The van der Waals surface area contributed by atoms with Crippen LogP contribution in [0.1, 0.15) is 44.3 Å². The van der Waals surface area contributed by atoms with Gasteiger partial charge in [-0.05, 0) is 55.2 Å². The van der Waals surface area contributed by atoms with Gasteiger partial charge in [-0.15, -0.1) is 0 Å². The normalized spacial score (nSPS) is 12.3. The Morgan fingerprint density at radius 1 is 0.938 bits per heavy atom. The minimum atomic E-state index is -0.471. The topological polar surface area (TPSA) is 112 Å². The van der Waals surface area contributed by atoms with Gasteiger partial charge in [0.15, 0.2) is 0 Å². The summed E-state index contributed by atoms with van der Waals surface area (Å²) >= 11 is 1.26. The second-order valence-corrected chi connectivity index (χ2v) is 8.24. The number of rotatable bonds is 7. The van der Waals surface area contributed by atoms with Gasteiger partial charge in [0.2, 0.25) is 0 Å². The van der Waals surface area contributed by atoms with Crippen LogP contribution in [0, 0.1) is 6.92 Å². The van der Waals surface area contributed by atoms with E-state index in [9.17, 15) is 14.4 Å². The lowest BCUT2D eigenvalue weighted by Gasteiger charge is -2.26. The summed E-state index contributed by atoms with van der Waals surface area (Å²) in [5.41, 5.74) is 2.09. The highest BCUT2D eigenvalue weighted by Gasteiger charge is 2.25. The molecule has 2 atom stereocenters. The summed E-state index contributed by atoms with van der Waals surface area (Å²) in [6.07, 6.45) is 0. The standard InChI is InChI=1S/C23H25N5O3S/c1-14-12-19(28-32-14)22(30)27-20(16-8-5-4-6-9-16)15(2)25-21(29)17-10-7-11-18(13-17)26-23(31)24-3/h4-13,15,20H,1-3H3,(H,25,29)(H,27,30)(H2,24,26,31). The first-order valence-corrected chi connectivity index (χ1v) is 10.8. The number of amides is 4. The Morgan fingerprint density at radius 3 is 2.34 bits per heavy atom. The minimum Gasteiger partial charge on any atom is -0.347 e. The molecule has 0 bridgehead atoms. The monoisotopic (exact) mass is 451 g/mol.